The van der Waals surface area contributed by atoms with Crippen LogP contribution in [0.3, 0.4) is 0 Å². The highest BCUT2D eigenvalue weighted by Gasteiger charge is 1.88. The van der Waals surface area contributed by atoms with Gasteiger partial charge in [0.2, 0.25) is 0 Å². The fourth-order valence-electron chi connectivity index (χ4n) is 0.666. The Morgan fingerprint density at radius 2 is 2.22 bits per heavy atom. The lowest BCUT2D eigenvalue weighted by Gasteiger charge is -1.93. The fourth-order valence-corrected chi connectivity index (χ4v) is 0.666. The minimum absolute atomic E-state index is 0.231. The van der Waals surface area contributed by atoms with Crippen LogP contribution in [0.1, 0.15) is 5.56 Å². The molecule has 2 N–H and O–H groups in total. The third-order valence-electron chi connectivity index (χ3n) is 1.11. The summed E-state index contributed by atoms with van der Waals surface area (Å²) in [6.07, 6.45) is 0. The van der Waals surface area contributed by atoms with Gasteiger partial charge in [0.25, 0.3) is 0 Å². The molecule has 2 nitrogen and oxygen atoms in total. The lowest BCUT2D eigenvalue weighted by molar-refractivity contribution is 0.474. The zero-order valence-electron chi connectivity index (χ0n) is 4.96. The van der Waals surface area contributed by atoms with Gasteiger partial charge in [-0.2, -0.15) is 0 Å². The van der Waals surface area contributed by atoms with Crippen LogP contribution in [-0.4, -0.2) is 5.11 Å². The molecule has 0 amide bonds. The van der Waals surface area contributed by atoms with Gasteiger partial charge in [-0.05, 0) is 17.7 Å². The number of phenolic OH excluding ortho intramolecular Hbond substituents is 1. The van der Waals surface area contributed by atoms with Crippen molar-refractivity contribution in [3.05, 3.63) is 29.8 Å². The minimum Gasteiger partial charge on any atom is -0.508 e. The van der Waals surface area contributed by atoms with E-state index in [1.54, 1.807) is 18.2 Å². The van der Waals surface area contributed by atoms with Crippen molar-refractivity contribution in [1.82, 2.24) is 5.73 Å². The van der Waals surface area contributed by atoms with Gasteiger partial charge < -0.3 is 5.11 Å². The highest BCUT2D eigenvalue weighted by molar-refractivity contribution is 5.26. The smallest absolute Gasteiger partial charge is 0.115 e. The van der Waals surface area contributed by atoms with E-state index in [1.165, 1.54) is 0 Å². The Labute approximate surface area is 53.9 Å². The Morgan fingerprint density at radius 3 is 2.67 bits per heavy atom. The molecule has 0 heterocycles. The first-order chi connectivity index (χ1) is 4.33. The average Bonchev–Trinajstić information content (AvgIpc) is 1.88. The molecule has 9 heavy (non-hydrogen) atoms. The molecule has 47 valence electrons. The van der Waals surface area contributed by atoms with Crippen LogP contribution >= 0.6 is 0 Å². The molecule has 0 aliphatic carbocycles. The van der Waals surface area contributed by atoms with Crippen LogP contribution in [0.4, 0.5) is 0 Å². The second kappa shape index (κ2) is 2.51. The predicted octanol–water partition coefficient (Wildman–Crippen LogP) is 1.18. The van der Waals surface area contributed by atoms with Crippen LogP contribution < -0.4 is 5.73 Å². The van der Waals surface area contributed by atoms with Crippen molar-refractivity contribution in [2.75, 3.05) is 0 Å². The van der Waals surface area contributed by atoms with Gasteiger partial charge in [0, 0.05) is 6.54 Å². The van der Waals surface area contributed by atoms with Gasteiger partial charge in [0.15, 0.2) is 0 Å². The summed E-state index contributed by atoms with van der Waals surface area (Å²) in [6, 6.07) is 6.73. The van der Waals surface area contributed by atoms with Crippen LogP contribution in [0, 0.1) is 0 Å². The fraction of sp³-hybridized carbons (Fsp3) is 0.143. The second-order valence-corrected chi connectivity index (χ2v) is 1.85. The van der Waals surface area contributed by atoms with Crippen LogP contribution in [0.25, 0.3) is 0 Å². The summed E-state index contributed by atoms with van der Waals surface area (Å²) in [5.74, 6) is 0.236. The summed E-state index contributed by atoms with van der Waals surface area (Å²) in [7, 11) is 0. The zero-order valence-corrected chi connectivity index (χ0v) is 4.96. The number of aromatic hydroxyl groups is 1. The maximum absolute atomic E-state index is 8.86. The third kappa shape index (κ3) is 1.44. The Balaban J connectivity index is 2.94. The van der Waals surface area contributed by atoms with Crippen LogP contribution in [0.5, 0.6) is 5.75 Å². The van der Waals surface area contributed by atoms with Gasteiger partial charge in [0.1, 0.15) is 5.75 Å². The molecule has 1 rings (SSSR count). The molecule has 0 aromatic heterocycles. The molecule has 1 aromatic carbocycles. The Bertz CT molecular complexity index is 198. The molecular weight excluding hydrogens is 114 g/mol. The van der Waals surface area contributed by atoms with Crippen LogP contribution in [-0.2, 0) is 6.54 Å². The normalized spacial score (nSPS) is 9.44. The van der Waals surface area contributed by atoms with E-state index in [0.717, 1.165) is 5.56 Å². The molecule has 0 aliphatic heterocycles. The lowest BCUT2D eigenvalue weighted by Crippen LogP contribution is -1.81. The summed E-state index contributed by atoms with van der Waals surface area (Å²) >= 11 is 0. The molecule has 0 unspecified atom stereocenters. The summed E-state index contributed by atoms with van der Waals surface area (Å²) < 4.78 is 0. The quantitative estimate of drug-likeness (QED) is 0.597. The van der Waals surface area contributed by atoms with Gasteiger partial charge >= 0.3 is 0 Å². The first-order valence-electron chi connectivity index (χ1n) is 2.75. The molecule has 0 aliphatic rings. The van der Waals surface area contributed by atoms with Crippen LogP contribution in [0.15, 0.2) is 24.3 Å². The number of nitrogens with one attached hydrogen (secondary N) is 1. The number of hydrogen-bond donors (Lipinski definition) is 1. The molecule has 0 spiro atoms. The molecule has 0 fully saturated rings. The first kappa shape index (κ1) is 6.11. The van der Waals surface area contributed by atoms with Gasteiger partial charge in [-0.15, -0.1) is 0 Å². The maximum Gasteiger partial charge on any atom is 0.115 e. The summed E-state index contributed by atoms with van der Waals surface area (Å²) in [5.41, 5.74) is 7.77. The molecule has 1 aromatic rings. The predicted molar refractivity (Wildman–Crippen MR) is 34.9 cm³/mol. The molecular formula is C7H8NO. The van der Waals surface area contributed by atoms with E-state index < -0.39 is 0 Å². The lowest BCUT2D eigenvalue weighted by atomic mass is 10.2. The maximum atomic E-state index is 8.86. The van der Waals surface area contributed by atoms with E-state index in [-0.39, 0.29) is 12.3 Å². The highest BCUT2D eigenvalue weighted by atomic mass is 16.3. The topological polar surface area (TPSA) is 44.0 Å². The number of rotatable bonds is 1. The van der Waals surface area contributed by atoms with Crippen molar-refractivity contribution < 1.29 is 5.11 Å². The minimum atomic E-state index is 0.231. The Morgan fingerprint density at radius 1 is 1.44 bits per heavy atom. The Kier molecular flexibility index (Phi) is 1.70. The van der Waals surface area contributed by atoms with E-state index >= 15 is 0 Å². The largest absolute Gasteiger partial charge is 0.508 e. The number of hydrogen-bond acceptors (Lipinski definition) is 1. The Hall–Kier alpha value is -1.02. The van der Waals surface area contributed by atoms with Gasteiger partial charge in [-0.1, -0.05) is 12.1 Å². The van der Waals surface area contributed by atoms with Crippen molar-refractivity contribution in [2.24, 2.45) is 0 Å². The summed E-state index contributed by atoms with van der Waals surface area (Å²) in [6.45, 7) is 0.231. The van der Waals surface area contributed by atoms with E-state index in [0.29, 0.717) is 0 Å². The zero-order chi connectivity index (χ0) is 6.69. The molecule has 1 radical (unpaired) electrons. The number of phenols is 1. The van der Waals surface area contributed by atoms with Crippen molar-refractivity contribution in [3.8, 4) is 5.75 Å². The average molecular weight is 122 g/mol. The van der Waals surface area contributed by atoms with E-state index in [1.807, 2.05) is 6.07 Å². The van der Waals surface area contributed by atoms with E-state index in [9.17, 15) is 0 Å². The van der Waals surface area contributed by atoms with Crippen molar-refractivity contribution in [2.45, 2.75) is 6.54 Å². The van der Waals surface area contributed by atoms with Crippen molar-refractivity contribution in [1.29, 1.82) is 0 Å². The van der Waals surface area contributed by atoms with E-state index in [4.69, 9.17) is 10.8 Å². The van der Waals surface area contributed by atoms with Crippen molar-refractivity contribution >= 4 is 0 Å². The first-order valence-corrected chi connectivity index (χ1v) is 2.75. The second-order valence-electron chi connectivity index (χ2n) is 1.85. The van der Waals surface area contributed by atoms with Gasteiger partial charge in [-0.3, -0.25) is 5.73 Å². The van der Waals surface area contributed by atoms with Crippen molar-refractivity contribution in [3.63, 3.8) is 0 Å². The highest BCUT2D eigenvalue weighted by Crippen LogP contribution is 2.09. The molecule has 2 heteroatoms. The SMILES string of the molecule is [NH]Cc1cccc(O)c1. The third-order valence-corrected chi connectivity index (χ3v) is 1.11. The monoisotopic (exact) mass is 122 g/mol. The van der Waals surface area contributed by atoms with Gasteiger partial charge in [0.05, 0.1) is 0 Å². The molecule has 0 bridgehead atoms. The molecule has 0 saturated carbocycles. The standard InChI is InChI=1S/C7H8NO/c8-5-6-2-1-3-7(9)4-6/h1-4,8-9H,5H2. The van der Waals surface area contributed by atoms with Gasteiger partial charge in [-0.25, -0.2) is 0 Å². The van der Waals surface area contributed by atoms with Crippen LogP contribution in [0.2, 0.25) is 0 Å². The number of benzene rings is 1. The summed E-state index contributed by atoms with van der Waals surface area (Å²) in [4.78, 5) is 0. The van der Waals surface area contributed by atoms with E-state index in [2.05, 4.69) is 0 Å². The molecule has 0 saturated heterocycles. The molecule has 0 atom stereocenters. The summed E-state index contributed by atoms with van der Waals surface area (Å²) in [5, 5.41) is 8.86.